The fourth-order valence-corrected chi connectivity index (χ4v) is 11.4. The fourth-order valence-electron chi connectivity index (χ4n) is 10.1. The van der Waals surface area contributed by atoms with Crippen LogP contribution in [-0.2, 0) is 26.2 Å². The lowest BCUT2D eigenvalue weighted by molar-refractivity contribution is -0.131. The Hall–Kier alpha value is -5.58. The molecule has 55 heavy (non-hydrogen) atoms. The number of carbonyl (C=O) groups is 4. The summed E-state index contributed by atoms with van der Waals surface area (Å²) >= 11 is 7.90. The number of anilines is 2. The molecule has 2 saturated heterocycles. The van der Waals surface area contributed by atoms with Crippen LogP contribution in [0.25, 0.3) is 31.4 Å². The number of hydrogen-bond acceptors (Lipinski definition) is 7. The second-order valence-corrected chi connectivity index (χ2v) is 16.9. The lowest BCUT2D eigenvalue weighted by atomic mass is 9.51. The van der Waals surface area contributed by atoms with Crippen LogP contribution in [0.4, 0.5) is 11.5 Å². The third-order valence-corrected chi connectivity index (χ3v) is 14.3. The molecule has 2 aliphatic heterocycles. The van der Waals surface area contributed by atoms with Crippen LogP contribution < -0.4 is 9.80 Å². The van der Waals surface area contributed by atoms with E-state index in [9.17, 15) is 19.5 Å². The molecule has 1 N–H and O–H groups in total. The van der Waals surface area contributed by atoms with Crippen molar-refractivity contribution in [3.05, 3.63) is 119 Å². The summed E-state index contributed by atoms with van der Waals surface area (Å²) in [6, 6.07) is 27.8. The normalized spacial score (nSPS) is 26.2. The number of thiophene rings is 1. The molecule has 4 heterocycles. The van der Waals surface area contributed by atoms with E-state index in [2.05, 4.69) is 0 Å². The molecule has 0 unspecified atom stereocenters. The number of rotatable bonds is 4. The highest BCUT2D eigenvalue weighted by atomic mass is 35.5. The van der Waals surface area contributed by atoms with Crippen molar-refractivity contribution in [2.24, 2.45) is 36.1 Å². The highest BCUT2D eigenvalue weighted by molar-refractivity contribution is 7.22. The predicted molar refractivity (Wildman–Crippen MR) is 213 cm³/mol. The number of amides is 4. The van der Waals surface area contributed by atoms with E-state index < -0.39 is 40.9 Å². The Bertz CT molecular complexity index is 2720. The third kappa shape index (κ3) is 4.61. The van der Waals surface area contributed by atoms with Gasteiger partial charge in [0.2, 0.25) is 23.6 Å². The second-order valence-electron chi connectivity index (χ2n) is 15.4. The summed E-state index contributed by atoms with van der Waals surface area (Å²) in [7, 11) is 1.73. The largest absolute Gasteiger partial charge is 0.507 e. The first kappa shape index (κ1) is 33.9. The molecular formula is C44H35ClN4O5S. The topological polar surface area (TPSA) is 113 Å². The maximum absolute atomic E-state index is 15.2. The van der Waals surface area contributed by atoms with Gasteiger partial charge in [0.15, 0.2) is 0 Å². The van der Waals surface area contributed by atoms with Crippen molar-refractivity contribution < 1.29 is 24.3 Å². The molecule has 6 atom stereocenters. The Labute approximate surface area is 325 Å². The van der Waals surface area contributed by atoms with Crippen LogP contribution in [0.1, 0.15) is 36.8 Å². The number of phenols is 1. The smallest absolute Gasteiger partial charge is 0.242 e. The van der Waals surface area contributed by atoms with Gasteiger partial charge in [-0.2, -0.15) is 5.10 Å². The number of nitrogens with zero attached hydrogens (tertiary/aromatic N) is 4. The minimum absolute atomic E-state index is 0.0355. The molecular weight excluding hydrogens is 732 g/mol. The number of para-hydroxylation sites is 1. The number of aromatic hydroxyl groups is 1. The molecule has 0 spiro atoms. The van der Waals surface area contributed by atoms with E-state index in [-0.39, 0.29) is 29.9 Å². The van der Waals surface area contributed by atoms with Crippen LogP contribution in [0, 0.1) is 36.0 Å². The van der Waals surface area contributed by atoms with Crippen molar-refractivity contribution in [1.82, 2.24) is 9.78 Å². The van der Waals surface area contributed by atoms with Gasteiger partial charge in [0.25, 0.3) is 0 Å². The molecule has 4 aromatic carbocycles. The Morgan fingerprint density at radius 2 is 1.62 bits per heavy atom. The summed E-state index contributed by atoms with van der Waals surface area (Å²) in [6.07, 6.45) is 2.52. The van der Waals surface area contributed by atoms with E-state index in [1.165, 1.54) is 9.80 Å². The van der Waals surface area contributed by atoms with Crippen LogP contribution in [-0.4, -0.2) is 38.5 Å². The lowest BCUT2D eigenvalue weighted by Gasteiger charge is -2.49. The van der Waals surface area contributed by atoms with Crippen LogP contribution in [0.2, 0.25) is 5.02 Å². The number of imide groups is 2. The maximum Gasteiger partial charge on any atom is 0.242 e. The van der Waals surface area contributed by atoms with Gasteiger partial charge in [-0.25, -0.2) is 4.90 Å². The van der Waals surface area contributed by atoms with Gasteiger partial charge < -0.3 is 5.11 Å². The first-order chi connectivity index (χ1) is 26.5. The molecule has 11 heteroatoms. The first-order valence-corrected chi connectivity index (χ1v) is 19.6. The van der Waals surface area contributed by atoms with Gasteiger partial charge in [0, 0.05) is 39.7 Å². The van der Waals surface area contributed by atoms with E-state index in [1.54, 1.807) is 53.4 Å². The number of carbonyl (C=O) groups excluding carboxylic acids is 4. The molecule has 274 valence electrons. The van der Waals surface area contributed by atoms with E-state index in [0.29, 0.717) is 39.6 Å². The summed E-state index contributed by atoms with van der Waals surface area (Å²) in [5.74, 6) is -4.38. The Morgan fingerprint density at radius 1 is 0.855 bits per heavy atom. The zero-order valence-corrected chi connectivity index (χ0v) is 31.8. The zero-order chi connectivity index (χ0) is 38.1. The molecule has 4 aliphatic rings. The van der Waals surface area contributed by atoms with Crippen molar-refractivity contribution in [1.29, 1.82) is 0 Å². The van der Waals surface area contributed by atoms with Gasteiger partial charge in [-0.3, -0.25) is 28.8 Å². The van der Waals surface area contributed by atoms with Gasteiger partial charge in [0.05, 0.1) is 33.7 Å². The SMILES string of the molecule is Cc1c(-c2cc(N3C(=O)[C@@H]4C[C@@H]5C(=CC[C@@H]6C(=O)N(c7ccccc7)C(=O)[C@@H]65)[C@H](c5ccc6ccccc6c5O)[C@]4(C)C3=O)n(C)n2)sc2ccc(Cl)cc12. The molecule has 0 bridgehead atoms. The van der Waals surface area contributed by atoms with E-state index in [1.807, 2.05) is 80.6 Å². The fraction of sp³-hybridized carbons (Fsp3) is 0.250. The molecule has 0 radical (unpaired) electrons. The zero-order valence-electron chi connectivity index (χ0n) is 30.2. The summed E-state index contributed by atoms with van der Waals surface area (Å²) < 4.78 is 2.62. The van der Waals surface area contributed by atoms with Crippen LogP contribution in [0.15, 0.2) is 103 Å². The van der Waals surface area contributed by atoms with Crippen molar-refractivity contribution >= 4 is 78.9 Å². The van der Waals surface area contributed by atoms with E-state index in [0.717, 1.165) is 31.5 Å². The number of hydrogen-bond donors (Lipinski definition) is 1. The Morgan fingerprint density at radius 3 is 2.42 bits per heavy atom. The van der Waals surface area contributed by atoms with Gasteiger partial charge >= 0.3 is 0 Å². The molecule has 1 saturated carbocycles. The summed E-state index contributed by atoms with van der Waals surface area (Å²) in [5, 5.41) is 20.0. The molecule has 2 aromatic heterocycles. The summed E-state index contributed by atoms with van der Waals surface area (Å²) in [5.41, 5.74) is 2.16. The van der Waals surface area contributed by atoms with Gasteiger partial charge in [-0.1, -0.05) is 77.8 Å². The Kier molecular flexibility index (Phi) is 7.38. The monoisotopic (exact) mass is 766 g/mol. The maximum atomic E-state index is 15.2. The number of fused-ring (bicyclic) bond motifs is 6. The predicted octanol–water partition coefficient (Wildman–Crippen LogP) is 8.56. The molecule has 4 amide bonds. The molecule has 2 aliphatic carbocycles. The van der Waals surface area contributed by atoms with Crippen molar-refractivity contribution in [2.75, 3.05) is 9.80 Å². The highest BCUT2D eigenvalue weighted by Gasteiger charge is 2.68. The van der Waals surface area contributed by atoms with E-state index >= 15 is 4.79 Å². The summed E-state index contributed by atoms with van der Waals surface area (Å²) in [4.78, 5) is 62.1. The molecule has 9 nitrogen and oxygen atoms in total. The van der Waals surface area contributed by atoms with Gasteiger partial charge in [0.1, 0.15) is 17.3 Å². The van der Waals surface area contributed by atoms with Crippen molar-refractivity contribution in [3.63, 3.8) is 0 Å². The minimum Gasteiger partial charge on any atom is -0.507 e. The standard InChI is InChI=1S/C44H35ClN4O5S/c1-22-30-19-24(45)14-18-34(30)55-39(22)33-21-35(47(3)46-33)49-41(52)32-20-31-27(16-17-28-36(31)42(53)48(40(28)51)25-10-5-4-6-11-25)37(44(32,2)43(49)54)29-15-13-23-9-7-8-12-26(23)38(29)50/h4-16,18-19,21,28,31-32,36-37,50H,17,20H2,1-3H3/t28-,31+,32-,36-,37+,44+/m0/s1. The third-order valence-electron chi connectivity index (χ3n) is 12.7. The Balaban J connectivity index is 1.12. The van der Waals surface area contributed by atoms with Crippen LogP contribution in [0.5, 0.6) is 5.75 Å². The number of phenolic OH excluding ortho intramolecular Hbond substituents is 1. The highest BCUT2D eigenvalue weighted by Crippen LogP contribution is 2.65. The number of allylic oxidation sites excluding steroid dienone is 2. The number of aromatic nitrogens is 2. The second kappa shape index (κ2) is 12.0. The minimum atomic E-state index is -1.33. The molecule has 6 aromatic rings. The summed E-state index contributed by atoms with van der Waals surface area (Å²) in [6.45, 7) is 3.84. The van der Waals surface area contributed by atoms with Crippen LogP contribution in [0.3, 0.4) is 0 Å². The number of aryl methyl sites for hydroxylation is 2. The van der Waals surface area contributed by atoms with Crippen molar-refractivity contribution in [3.8, 4) is 16.3 Å². The number of benzene rings is 4. The van der Waals surface area contributed by atoms with Crippen molar-refractivity contribution in [2.45, 2.75) is 32.6 Å². The van der Waals surface area contributed by atoms with Gasteiger partial charge in [-0.05, 0) is 79.3 Å². The average molecular weight is 767 g/mol. The lowest BCUT2D eigenvalue weighted by Crippen LogP contribution is -2.49. The first-order valence-electron chi connectivity index (χ1n) is 18.4. The number of halogens is 1. The molecule has 3 fully saturated rings. The molecule has 10 rings (SSSR count). The quantitative estimate of drug-likeness (QED) is 0.142. The van der Waals surface area contributed by atoms with Gasteiger partial charge in [-0.15, -0.1) is 11.3 Å². The van der Waals surface area contributed by atoms with E-state index in [4.69, 9.17) is 16.7 Å². The average Bonchev–Trinajstić information content (AvgIpc) is 3.86. The van der Waals surface area contributed by atoms with Crippen LogP contribution >= 0.6 is 22.9 Å².